The van der Waals surface area contributed by atoms with Gasteiger partial charge in [0.25, 0.3) is 0 Å². The van der Waals surface area contributed by atoms with Gasteiger partial charge in [-0.2, -0.15) is 0 Å². The number of ketones is 1. The van der Waals surface area contributed by atoms with Crippen LogP contribution in [0.1, 0.15) is 10.4 Å². The van der Waals surface area contributed by atoms with Crippen molar-refractivity contribution >= 4 is 23.1 Å². The van der Waals surface area contributed by atoms with Gasteiger partial charge >= 0.3 is 0 Å². The molecule has 0 unspecified atom stereocenters. The van der Waals surface area contributed by atoms with Gasteiger partial charge in [-0.25, -0.2) is 0 Å². The van der Waals surface area contributed by atoms with Crippen molar-refractivity contribution in [3.63, 3.8) is 0 Å². The zero-order chi connectivity index (χ0) is 13.7. The number of phenolic OH excluding ortho intramolecular Hbond substituents is 1. The number of carbonyl (C=O) groups excluding carboxylic acids is 1. The number of rotatable bonds is 4. The van der Waals surface area contributed by atoms with E-state index in [1.165, 1.54) is 18.2 Å². The van der Waals surface area contributed by atoms with Crippen molar-refractivity contribution in [3.8, 4) is 5.75 Å². The summed E-state index contributed by atoms with van der Waals surface area (Å²) < 4.78 is 0. The summed E-state index contributed by atoms with van der Waals surface area (Å²) in [4.78, 5) is 11.8. The van der Waals surface area contributed by atoms with E-state index in [4.69, 9.17) is 16.7 Å². The first kappa shape index (κ1) is 13.2. The van der Waals surface area contributed by atoms with Gasteiger partial charge in [-0.05, 0) is 48.5 Å². The van der Waals surface area contributed by atoms with Gasteiger partial charge in [-0.3, -0.25) is 4.79 Å². The molecule has 0 saturated heterocycles. The van der Waals surface area contributed by atoms with Gasteiger partial charge < -0.3 is 10.4 Å². The van der Waals surface area contributed by atoms with Crippen molar-refractivity contribution in [2.24, 2.45) is 0 Å². The quantitative estimate of drug-likeness (QED) is 0.657. The maximum atomic E-state index is 11.8. The predicted octanol–water partition coefficient (Wildman–Crippen LogP) is 3.85. The van der Waals surface area contributed by atoms with Crippen LogP contribution in [0.25, 0.3) is 0 Å². The van der Waals surface area contributed by atoms with Crippen LogP contribution in [0.5, 0.6) is 5.75 Å². The third kappa shape index (κ3) is 3.86. The number of carbonyl (C=O) groups is 1. The Morgan fingerprint density at radius 1 is 1.05 bits per heavy atom. The highest BCUT2D eigenvalue weighted by molar-refractivity contribution is 6.30. The van der Waals surface area contributed by atoms with Crippen LogP contribution in [0.3, 0.4) is 0 Å². The summed E-state index contributed by atoms with van der Waals surface area (Å²) in [5.74, 6) is 0.00119. The molecule has 19 heavy (non-hydrogen) atoms. The van der Waals surface area contributed by atoms with Gasteiger partial charge in [0.1, 0.15) is 5.75 Å². The van der Waals surface area contributed by atoms with Gasteiger partial charge in [0.15, 0.2) is 5.78 Å². The molecule has 0 radical (unpaired) electrons. The van der Waals surface area contributed by atoms with Gasteiger partial charge in [0.2, 0.25) is 0 Å². The lowest BCUT2D eigenvalue weighted by molar-refractivity contribution is 0.104. The van der Waals surface area contributed by atoms with E-state index in [1.54, 1.807) is 30.5 Å². The van der Waals surface area contributed by atoms with Crippen LogP contribution in [0.2, 0.25) is 5.02 Å². The van der Waals surface area contributed by atoms with Gasteiger partial charge in [-0.15, -0.1) is 0 Å². The molecule has 0 saturated carbocycles. The van der Waals surface area contributed by atoms with Gasteiger partial charge in [0.05, 0.1) is 0 Å². The average Bonchev–Trinajstić information content (AvgIpc) is 2.41. The summed E-state index contributed by atoms with van der Waals surface area (Å²) in [7, 11) is 0. The summed E-state index contributed by atoms with van der Waals surface area (Å²) in [6.07, 6.45) is 3.00. The number of hydrogen-bond donors (Lipinski definition) is 2. The lowest BCUT2D eigenvalue weighted by Gasteiger charge is -2.00. The molecule has 0 atom stereocenters. The van der Waals surface area contributed by atoms with Crippen molar-refractivity contribution in [1.29, 1.82) is 0 Å². The fraction of sp³-hybridized carbons (Fsp3) is 0. The van der Waals surface area contributed by atoms with E-state index in [1.807, 2.05) is 12.1 Å². The number of anilines is 1. The normalized spacial score (nSPS) is 10.6. The van der Waals surface area contributed by atoms with Crippen LogP contribution in [-0.2, 0) is 0 Å². The second-order valence-electron chi connectivity index (χ2n) is 3.90. The standard InChI is InChI=1S/C15H12ClNO2/c16-12-3-5-13(6-4-12)17-10-9-15(19)11-1-7-14(18)8-2-11/h1-10,17-18H/b10-9+. The molecule has 0 aromatic heterocycles. The highest BCUT2D eigenvalue weighted by Crippen LogP contribution is 2.13. The Morgan fingerprint density at radius 3 is 2.32 bits per heavy atom. The molecular formula is C15H12ClNO2. The molecule has 4 heteroatoms. The molecule has 96 valence electrons. The molecule has 0 bridgehead atoms. The molecule has 0 heterocycles. The van der Waals surface area contributed by atoms with Crippen LogP contribution >= 0.6 is 11.6 Å². The van der Waals surface area contributed by atoms with E-state index in [9.17, 15) is 4.79 Å². The van der Waals surface area contributed by atoms with Crippen molar-refractivity contribution in [1.82, 2.24) is 0 Å². The van der Waals surface area contributed by atoms with Crippen molar-refractivity contribution < 1.29 is 9.90 Å². The van der Waals surface area contributed by atoms with Gasteiger partial charge in [-0.1, -0.05) is 11.6 Å². The zero-order valence-electron chi connectivity index (χ0n) is 10.0. The maximum absolute atomic E-state index is 11.8. The largest absolute Gasteiger partial charge is 0.508 e. The van der Waals surface area contributed by atoms with E-state index in [2.05, 4.69) is 5.32 Å². The van der Waals surface area contributed by atoms with Crippen molar-refractivity contribution in [2.75, 3.05) is 5.32 Å². The summed E-state index contributed by atoms with van der Waals surface area (Å²) in [5.41, 5.74) is 1.37. The third-order valence-electron chi connectivity index (χ3n) is 2.48. The fourth-order valence-corrected chi connectivity index (χ4v) is 1.61. The maximum Gasteiger partial charge on any atom is 0.187 e. The third-order valence-corrected chi connectivity index (χ3v) is 2.73. The molecule has 0 aliphatic rings. The summed E-state index contributed by atoms with van der Waals surface area (Å²) >= 11 is 5.77. The van der Waals surface area contributed by atoms with Gasteiger partial charge in [0, 0.05) is 28.5 Å². The second kappa shape index (κ2) is 6.07. The fourth-order valence-electron chi connectivity index (χ4n) is 1.48. The smallest absolute Gasteiger partial charge is 0.187 e. The van der Waals surface area contributed by atoms with Crippen LogP contribution in [-0.4, -0.2) is 10.9 Å². The first-order valence-electron chi connectivity index (χ1n) is 5.67. The Bertz CT molecular complexity index is 589. The van der Waals surface area contributed by atoms with E-state index >= 15 is 0 Å². The molecule has 0 fully saturated rings. The van der Waals surface area contributed by atoms with E-state index in [0.29, 0.717) is 10.6 Å². The topological polar surface area (TPSA) is 49.3 Å². The Hall–Kier alpha value is -2.26. The number of benzene rings is 2. The Labute approximate surface area is 116 Å². The Balaban J connectivity index is 1.97. The summed E-state index contributed by atoms with van der Waals surface area (Å²) in [5, 5.41) is 12.8. The van der Waals surface area contributed by atoms with E-state index < -0.39 is 0 Å². The molecule has 0 aliphatic heterocycles. The molecule has 2 aromatic carbocycles. The molecule has 0 spiro atoms. The number of nitrogens with one attached hydrogen (secondary N) is 1. The first-order valence-corrected chi connectivity index (χ1v) is 6.05. The first-order chi connectivity index (χ1) is 9.15. The van der Waals surface area contributed by atoms with E-state index in [0.717, 1.165) is 5.69 Å². The summed E-state index contributed by atoms with van der Waals surface area (Å²) in [6, 6.07) is 13.3. The lowest BCUT2D eigenvalue weighted by atomic mass is 10.1. The number of phenols is 1. The zero-order valence-corrected chi connectivity index (χ0v) is 10.8. The van der Waals surface area contributed by atoms with E-state index in [-0.39, 0.29) is 11.5 Å². The average molecular weight is 274 g/mol. The molecule has 0 amide bonds. The Morgan fingerprint density at radius 2 is 1.68 bits per heavy atom. The van der Waals surface area contributed by atoms with Crippen molar-refractivity contribution in [2.45, 2.75) is 0 Å². The monoisotopic (exact) mass is 273 g/mol. The molecule has 0 aliphatic carbocycles. The number of aromatic hydroxyl groups is 1. The summed E-state index contributed by atoms with van der Waals surface area (Å²) in [6.45, 7) is 0. The predicted molar refractivity (Wildman–Crippen MR) is 76.7 cm³/mol. The van der Waals surface area contributed by atoms with Crippen LogP contribution < -0.4 is 5.32 Å². The highest BCUT2D eigenvalue weighted by atomic mass is 35.5. The number of hydrogen-bond acceptors (Lipinski definition) is 3. The number of halogens is 1. The van der Waals surface area contributed by atoms with Crippen LogP contribution in [0.15, 0.2) is 60.8 Å². The molecule has 2 aromatic rings. The number of allylic oxidation sites excluding steroid dienone is 1. The molecular weight excluding hydrogens is 262 g/mol. The molecule has 2 rings (SSSR count). The lowest BCUT2D eigenvalue weighted by Crippen LogP contribution is -1.95. The van der Waals surface area contributed by atoms with Crippen LogP contribution in [0, 0.1) is 0 Å². The molecule has 2 N–H and O–H groups in total. The van der Waals surface area contributed by atoms with Crippen molar-refractivity contribution in [3.05, 3.63) is 71.4 Å². The van der Waals surface area contributed by atoms with Crippen LogP contribution in [0.4, 0.5) is 5.69 Å². The SMILES string of the molecule is O=C(/C=C/Nc1ccc(Cl)cc1)c1ccc(O)cc1. The minimum atomic E-state index is -0.138. The second-order valence-corrected chi connectivity index (χ2v) is 4.33. The highest BCUT2D eigenvalue weighted by Gasteiger charge is 2.00. The minimum Gasteiger partial charge on any atom is -0.508 e. The molecule has 3 nitrogen and oxygen atoms in total. The Kier molecular flexibility index (Phi) is 4.21. The minimum absolute atomic E-state index is 0.138.